The summed E-state index contributed by atoms with van der Waals surface area (Å²) in [5.74, 6) is -1.12. The molecule has 0 saturated carbocycles. The summed E-state index contributed by atoms with van der Waals surface area (Å²) >= 11 is 6.15. The Labute approximate surface area is 155 Å². The van der Waals surface area contributed by atoms with Crippen LogP contribution in [0.2, 0.25) is 5.02 Å². The summed E-state index contributed by atoms with van der Waals surface area (Å²) in [6, 6.07) is 13.4. The van der Waals surface area contributed by atoms with Crippen molar-refractivity contribution >= 4 is 40.8 Å². The minimum atomic E-state index is -0.655. The Kier molecular flexibility index (Phi) is 5.53. The summed E-state index contributed by atoms with van der Waals surface area (Å²) in [5, 5.41) is 3.02. The molecule has 2 aromatic carbocycles. The molecule has 1 aliphatic heterocycles. The van der Waals surface area contributed by atoms with Crippen molar-refractivity contribution in [3.8, 4) is 0 Å². The van der Waals surface area contributed by atoms with Gasteiger partial charge in [0.1, 0.15) is 0 Å². The van der Waals surface area contributed by atoms with Gasteiger partial charge in [-0.15, -0.1) is 0 Å². The zero-order valence-corrected chi connectivity index (χ0v) is 14.7. The zero-order valence-electron chi connectivity index (χ0n) is 13.9. The van der Waals surface area contributed by atoms with Crippen LogP contribution in [0.3, 0.4) is 0 Å². The predicted octanol–water partition coefficient (Wildman–Crippen LogP) is 3.26. The normalized spacial score (nSPS) is 13.6. The number of carbonyl (C=O) groups is 3. The molecule has 2 amide bonds. The maximum atomic E-state index is 12.2. The van der Waals surface area contributed by atoms with Crippen LogP contribution < -0.4 is 10.2 Å². The third kappa shape index (κ3) is 4.21. The zero-order chi connectivity index (χ0) is 18.5. The molecule has 7 heteroatoms. The Morgan fingerprint density at radius 3 is 2.62 bits per heavy atom. The molecule has 1 saturated heterocycles. The van der Waals surface area contributed by atoms with E-state index in [-0.39, 0.29) is 11.5 Å². The fraction of sp³-hybridized carbons (Fsp3) is 0.211. The van der Waals surface area contributed by atoms with Gasteiger partial charge in [-0.05, 0) is 36.8 Å². The predicted molar refractivity (Wildman–Crippen MR) is 98.4 cm³/mol. The van der Waals surface area contributed by atoms with Crippen LogP contribution in [0.4, 0.5) is 11.4 Å². The van der Waals surface area contributed by atoms with Crippen LogP contribution in [0, 0.1) is 0 Å². The highest BCUT2D eigenvalue weighted by molar-refractivity contribution is 6.34. The van der Waals surface area contributed by atoms with E-state index in [1.807, 2.05) is 6.07 Å². The van der Waals surface area contributed by atoms with Crippen LogP contribution in [0.1, 0.15) is 23.2 Å². The average Bonchev–Trinajstić information content (AvgIpc) is 3.07. The van der Waals surface area contributed by atoms with Gasteiger partial charge in [0.2, 0.25) is 5.91 Å². The molecule has 1 fully saturated rings. The van der Waals surface area contributed by atoms with Gasteiger partial charge >= 0.3 is 5.97 Å². The monoisotopic (exact) mass is 372 g/mol. The second-order valence-corrected chi connectivity index (χ2v) is 6.21. The molecule has 3 rings (SSSR count). The van der Waals surface area contributed by atoms with Gasteiger partial charge in [0.15, 0.2) is 6.61 Å². The molecular weight excluding hydrogens is 356 g/mol. The summed E-state index contributed by atoms with van der Waals surface area (Å²) in [6.45, 7) is 0.158. The standard InChI is InChI=1S/C19H17ClN2O4/c20-15-9-8-13(11-16(15)22-10-4-7-18(22)24)19(25)26-12-17(23)21-14-5-2-1-3-6-14/h1-3,5-6,8-9,11H,4,7,10,12H2,(H,21,23). The van der Waals surface area contributed by atoms with Crippen molar-refractivity contribution in [2.45, 2.75) is 12.8 Å². The summed E-state index contributed by atoms with van der Waals surface area (Å²) in [5.41, 5.74) is 1.34. The Morgan fingerprint density at radius 1 is 1.15 bits per heavy atom. The molecule has 0 aromatic heterocycles. The Bertz CT molecular complexity index is 839. The second kappa shape index (κ2) is 8.01. The lowest BCUT2D eigenvalue weighted by atomic mass is 10.2. The van der Waals surface area contributed by atoms with Gasteiger partial charge < -0.3 is 15.0 Å². The molecule has 134 valence electrons. The molecule has 0 unspecified atom stereocenters. The maximum Gasteiger partial charge on any atom is 0.338 e. The van der Waals surface area contributed by atoms with Gasteiger partial charge in [-0.25, -0.2) is 4.79 Å². The average molecular weight is 373 g/mol. The largest absolute Gasteiger partial charge is 0.452 e. The molecular formula is C19H17ClN2O4. The van der Waals surface area contributed by atoms with Crippen molar-refractivity contribution in [2.75, 3.05) is 23.4 Å². The van der Waals surface area contributed by atoms with E-state index in [0.717, 1.165) is 6.42 Å². The first-order valence-corrected chi connectivity index (χ1v) is 8.54. The van der Waals surface area contributed by atoms with E-state index in [0.29, 0.717) is 29.4 Å². The van der Waals surface area contributed by atoms with Gasteiger partial charge in [-0.3, -0.25) is 9.59 Å². The molecule has 6 nitrogen and oxygen atoms in total. The van der Waals surface area contributed by atoms with Crippen molar-refractivity contribution in [3.63, 3.8) is 0 Å². The minimum Gasteiger partial charge on any atom is -0.452 e. The first-order valence-electron chi connectivity index (χ1n) is 8.16. The SMILES string of the molecule is O=C(COC(=O)c1ccc(Cl)c(N2CCCC2=O)c1)Nc1ccccc1. The minimum absolute atomic E-state index is 0.0281. The quantitative estimate of drug-likeness (QED) is 0.817. The Hall–Kier alpha value is -2.86. The number of nitrogens with one attached hydrogen (secondary N) is 1. The van der Waals surface area contributed by atoms with Gasteiger partial charge in [0.25, 0.3) is 5.91 Å². The fourth-order valence-corrected chi connectivity index (χ4v) is 2.90. The van der Waals surface area contributed by atoms with Crippen molar-refractivity contribution < 1.29 is 19.1 Å². The number of amides is 2. The number of nitrogens with zero attached hydrogens (tertiary/aromatic N) is 1. The molecule has 2 aromatic rings. The van der Waals surface area contributed by atoms with Crippen LogP contribution in [0.5, 0.6) is 0 Å². The van der Waals surface area contributed by atoms with Crippen LogP contribution in [-0.2, 0) is 14.3 Å². The number of hydrogen-bond acceptors (Lipinski definition) is 4. The number of carbonyl (C=O) groups excluding carboxylic acids is 3. The van der Waals surface area contributed by atoms with E-state index in [2.05, 4.69) is 5.32 Å². The van der Waals surface area contributed by atoms with E-state index in [9.17, 15) is 14.4 Å². The highest BCUT2D eigenvalue weighted by Gasteiger charge is 2.24. The van der Waals surface area contributed by atoms with E-state index in [1.165, 1.54) is 12.1 Å². The maximum absolute atomic E-state index is 12.2. The Morgan fingerprint density at radius 2 is 1.92 bits per heavy atom. The van der Waals surface area contributed by atoms with E-state index >= 15 is 0 Å². The summed E-state index contributed by atoms with van der Waals surface area (Å²) < 4.78 is 5.05. The third-order valence-corrected chi connectivity index (χ3v) is 4.26. The smallest absolute Gasteiger partial charge is 0.338 e. The molecule has 0 spiro atoms. The molecule has 1 N–H and O–H groups in total. The van der Waals surface area contributed by atoms with Gasteiger partial charge in [0, 0.05) is 18.7 Å². The Balaban J connectivity index is 1.63. The van der Waals surface area contributed by atoms with Crippen molar-refractivity contribution in [1.29, 1.82) is 0 Å². The van der Waals surface area contributed by atoms with E-state index < -0.39 is 18.5 Å². The van der Waals surface area contributed by atoms with E-state index in [4.69, 9.17) is 16.3 Å². The number of hydrogen-bond donors (Lipinski definition) is 1. The summed E-state index contributed by atoms with van der Waals surface area (Å²) in [7, 11) is 0. The van der Waals surface area contributed by atoms with Crippen LogP contribution >= 0.6 is 11.6 Å². The van der Waals surface area contributed by atoms with Crippen LogP contribution in [-0.4, -0.2) is 30.9 Å². The topological polar surface area (TPSA) is 75.7 Å². The number of para-hydroxylation sites is 1. The molecule has 0 bridgehead atoms. The second-order valence-electron chi connectivity index (χ2n) is 5.81. The summed E-state index contributed by atoms with van der Waals surface area (Å²) in [6.07, 6.45) is 1.22. The lowest BCUT2D eigenvalue weighted by molar-refractivity contribution is -0.119. The van der Waals surface area contributed by atoms with Gasteiger partial charge in [-0.2, -0.15) is 0 Å². The number of esters is 1. The molecule has 0 aliphatic carbocycles. The lowest BCUT2D eigenvalue weighted by Gasteiger charge is -2.18. The van der Waals surface area contributed by atoms with Crippen LogP contribution in [0.15, 0.2) is 48.5 Å². The third-order valence-electron chi connectivity index (χ3n) is 3.94. The molecule has 1 heterocycles. The lowest BCUT2D eigenvalue weighted by Crippen LogP contribution is -2.24. The van der Waals surface area contributed by atoms with Crippen molar-refractivity contribution in [2.24, 2.45) is 0 Å². The number of benzene rings is 2. The van der Waals surface area contributed by atoms with Crippen LogP contribution in [0.25, 0.3) is 0 Å². The number of anilines is 2. The number of halogens is 1. The first kappa shape index (κ1) is 17.9. The number of ether oxygens (including phenoxy) is 1. The summed E-state index contributed by atoms with van der Waals surface area (Å²) in [4.78, 5) is 37.5. The highest BCUT2D eigenvalue weighted by Crippen LogP contribution is 2.30. The van der Waals surface area contributed by atoms with E-state index in [1.54, 1.807) is 35.2 Å². The first-order chi connectivity index (χ1) is 12.5. The molecule has 0 radical (unpaired) electrons. The fourth-order valence-electron chi connectivity index (χ4n) is 2.68. The molecule has 0 atom stereocenters. The molecule has 1 aliphatic rings. The van der Waals surface area contributed by atoms with Crippen molar-refractivity contribution in [3.05, 3.63) is 59.1 Å². The van der Waals surface area contributed by atoms with Gasteiger partial charge in [-0.1, -0.05) is 29.8 Å². The van der Waals surface area contributed by atoms with Crippen molar-refractivity contribution in [1.82, 2.24) is 0 Å². The van der Waals surface area contributed by atoms with Gasteiger partial charge in [0.05, 0.1) is 16.3 Å². The number of rotatable bonds is 5. The molecule has 26 heavy (non-hydrogen) atoms. The highest BCUT2D eigenvalue weighted by atomic mass is 35.5.